The fraction of sp³-hybridized carbons (Fsp3) is 0.312. The molecule has 8 nitrogen and oxygen atoms in total. The van der Waals surface area contributed by atoms with Gasteiger partial charge in [0.1, 0.15) is 11.7 Å². The Balaban J connectivity index is 1.97. The van der Waals surface area contributed by atoms with E-state index in [9.17, 15) is 19.1 Å². The van der Waals surface area contributed by atoms with Gasteiger partial charge in [0.25, 0.3) is 0 Å². The van der Waals surface area contributed by atoms with Gasteiger partial charge in [-0.15, -0.1) is 0 Å². The van der Waals surface area contributed by atoms with Crippen LogP contribution in [-0.4, -0.2) is 70.8 Å². The van der Waals surface area contributed by atoms with Gasteiger partial charge in [-0.1, -0.05) is 62.4 Å². The molecule has 4 rings (SSSR count). The normalized spacial score (nSPS) is 15.6. The number of pyridine rings is 1. The van der Waals surface area contributed by atoms with Gasteiger partial charge in [-0.05, 0) is 42.7 Å². The quantitative estimate of drug-likeness (QED) is 0.161. The van der Waals surface area contributed by atoms with Gasteiger partial charge in [-0.2, -0.15) is 0 Å². The second-order valence-corrected chi connectivity index (χ2v) is 10.8. The molecule has 10 heteroatoms. The van der Waals surface area contributed by atoms with Gasteiger partial charge in [0.15, 0.2) is 5.82 Å². The maximum absolute atomic E-state index is 15.0. The highest BCUT2D eigenvalue weighted by molar-refractivity contribution is 6.33. The summed E-state index contributed by atoms with van der Waals surface area (Å²) >= 11 is 6.79. The van der Waals surface area contributed by atoms with Crippen molar-refractivity contribution < 1.29 is 19.1 Å². The summed E-state index contributed by atoms with van der Waals surface area (Å²) < 4.78 is 15.0. The van der Waals surface area contributed by atoms with Crippen LogP contribution in [0.5, 0.6) is 0 Å². The Hall–Kier alpha value is -4.08. The number of halogens is 2. The second kappa shape index (κ2) is 13.3. The molecule has 1 unspecified atom stereocenters. The second-order valence-electron chi connectivity index (χ2n) is 10.4. The van der Waals surface area contributed by atoms with E-state index >= 15 is 0 Å². The molecule has 2 heterocycles. The third kappa shape index (κ3) is 5.93. The first-order chi connectivity index (χ1) is 20.2. The highest BCUT2D eigenvalue weighted by atomic mass is 35.5. The summed E-state index contributed by atoms with van der Waals surface area (Å²) in [6, 6.07) is 13.1. The topological polar surface area (TPSA) is 89.3 Å². The van der Waals surface area contributed by atoms with E-state index in [0.29, 0.717) is 48.7 Å². The van der Waals surface area contributed by atoms with Gasteiger partial charge >= 0.3 is 0 Å². The van der Waals surface area contributed by atoms with E-state index < -0.39 is 5.82 Å². The van der Waals surface area contributed by atoms with Crippen molar-refractivity contribution in [2.24, 2.45) is 4.99 Å². The minimum absolute atomic E-state index is 0.00514. The van der Waals surface area contributed by atoms with Gasteiger partial charge < -0.3 is 14.9 Å². The van der Waals surface area contributed by atoms with Crippen molar-refractivity contribution in [1.82, 2.24) is 14.8 Å². The van der Waals surface area contributed by atoms with Crippen LogP contribution >= 0.6 is 11.6 Å². The smallest absolute Gasteiger partial charge is 0.246 e. The number of benzene rings is 2. The zero-order valence-corrected chi connectivity index (χ0v) is 25.0. The summed E-state index contributed by atoms with van der Waals surface area (Å²) in [6.45, 7) is 10.6. The zero-order valence-electron chi connectivity index (χ0n) is 24.2. The maximum Gasteiger partial charge on any atom is 0.246 e. The minimum atomic E-state index is -0.511. The van der Waals surface area contributed by atoms with Crippen LogP contribution in [0.25, 0.3) is 11.3 Å². The number of aliphatic hydroxyl groups is 1. The Morgan fingerprint density at radius 3 is 2.60 bits per heavy atom. The number of hydrogen-bond donors (Lipinski definition) is 1. The number of amidine groups is 1. The first kappa shape index (κ1) is 30.9. The molecule has 2 aromatic carbocycles. The van der Waals surface area contributed by atoms with E-state index in [0.717, 1.165) is 5.56 Å². The Morgan fingerprint density at radius 2 is 2.00 bits per heavy atom. The molecule has 0 saturated carbocycles. The molecule has 1 saturated heterocycles. The van der Waals surface area contributed by atoms with Crippen LogP contribution in [0.2, 0.25) is 5.02 Å². The monoisotopic (exact) mass is 591 g/mol. The molecular formula is C32H35ClFN5O3. The van der Waals surface area contributed by atoms with Crippen LogP contribution in [0.15, 0.2) is 66.2 Å². The van der Waals surface area contributed by atoms with Crippen LogP contribution in [0, 0.1) is 5.82 Å². The molecule has 1 fully saturated rings. The number of carbonyl (C=O) groups excluding carboxylic acids is 2. The van der Waals surface area contributed by atoms with Gasteiger partial charge in [0.2, 0.25) is 12.3 Å². The first-order valence-electron chi connectivity index (χ1n) is 13.7. The standard InChI is InChI=1S/C32H35ClFN5O3/c1-6-28(42)37-14-15-38(21(4)17-37)31(35-5)25-16-26(33)29(24-11-7-8-13-27(24)34)36-32(25)39(19-41)30-22(18-40)10-9-12-23(30)20(2)3/h6-13,16,19-21,40H,1,14-15,17-18H2,2-5H3. The number of anilines is 2. The van der Waals surface area contributed by atoms with E-state index in [1.54, 1.807) is 42.3 Å². The number of amides is 2. The van der Waals surface area contributed by atoms with Crippen molar-refractivity contribution >= 4 is 41.3 Å². The van der Waals surface area contributed by atoms with E-state index in [4.69, 9.17) is 16.6 Å². The van der Waals surface area contributed by atoms with E-state index in [1.807, 2.05) is 37.8 Å². The Labute approximate surface area is 250 Å². The highest BCUT2D eigenvalue weighted by Gasteiger charge is 2.32. The van der Waals surface area contributed by atoms with E-state index in [1.165, 1.54) is 17.0 Å². The average Bonchev–Trinajstić information content (AvgIpc) is 2.99. The van der Waals surface area contributed by atoms with E-state index in [2.05, 4.69) is 11.6 Å². The third-order valence-electron chi connectivity index (χ3n) is 7.44. The lowest BCUT2D eigenvalue weighted by molar-refractivity contribution is -0.128. The van der Waals surface area contributed by atoms with Gasteiger partial charge in [0, 0.05) is 43.9 Å². The lowest BCUT2D eigenvalue weighted by atomic mass is 9.96. The van der Waals surface area contributed by atoms with Crippen molar-refractivity contribution in [3.63, 3.8) is 0 Å². The van der Waals surface area contributed by atoms with Crippen LogP contribution < -0.4 is 4.90 Å². The molecule has 1 atom stereocenters. The first-order valence-corrected chi connectivity index (χ1v) is 14.1. The number of aliphatic imine (C=N–C) groups is 1. The molecule has 42 heavy (non-hydrogen) atoms. The van der Waals surface area contributed by atoms with Crippen LogP contribution in [-0.2, 0) is 16.2 Å². The fourth-order valence-corrected chi connectivity index (χ4v) is 5.63. The number of aromatic nitrogens is 1. The third-order valence-corrected chi connectivity index (χ3v) is 7.73. The molecule has 2 amide bonds. The number of carbonyl (C=O) groups is 2. The fourth-order valence-electron chi connectivity index (χ4n) is 5.38. The largest absolute Gasteiger partial charge is 0.392 e. The summed E-state index contributed by atoms with van der Waals surface area (Å²) in [6.07, 6.45) is 1.94. The van der Waals surface area contributed by atoms with Crippen molar-refractivity contribution in [2.45, 2.75) is 39.3 Å². The zero-order chi connectivity index (χ0) is 30.6. The Kier molecular flexibility index (Phi) is 9.75. The summed E-state index contributed by atoms with van der Waals surface area (Å²) in [4.78, 5) is 39.9. The maximum atomic E-state index is 15.0. The van der Waals surface area contributed by atoms with Crippen LogP contribution in [0.3, 0.4) is 0 Å². The molecule has 1 aliphatic heterocycles. The molecule has 0 radical (unpaired) electrons. The van der Waals surface area contributed by atoms with Crippen LogP contribution in [0.1, 0.15) is 43.4 Å². The molecule has 1 N–H and O–H groups in total. The number of nitrogens with zero attached hydrogens (tertiary/aromatic N) is 5. The minimum Gasteiger partial charge on any atom is -0.392 e. The summed E-state index contributed by atoms with van der Waals surface area (Å²) in [7, 11) is 1.64. The summed E-state index contributed by atoms with van der Waals surface area (Å²) in [5, 5.41) is 10.5. The molecule has 3 aromatic rings. The average molecular weight is 592 g/mol. The number of piperazine rings is 1. The molecule has 1 aromatic heterocycles. The predicted octanol–water partition coefficient (Wildman–Crippen LogP) is 5.55. The number of rotatable bonds is 8. The molecular weight excluding hydrogens is 557 g/mol. The van der Waals surface area contributed by atoms with Crippen molar-refractivity contribution in [1.29, 1.82) is 0 Å². The number of hydrogen-bond acceptors (Lipinski definition) is 5. The van der Waals surface area contributed by atoms with Crippen LogP contribution in [0.4, 0.5) is 15.9 Å². The lowest BCUT2D eigenvalue weighted by Gasteiger charge is -2.41. The summed E-state index contributed by atoms with van der Waals surface area (Å²) in [5.41, 5.74) is 2.64. The highest BCUT2D eigenvalue weighted by Crippen LogP contribution is 2.40. The van der Waals surface area contributed by atoms with Crippen molar-refractivity contribution in [3.8, 4) is 11.3 Å². The predicted molar refractivity (Wildman–Crippen MR) is 165 cm³/mol. The molecule has 0 bridgehead atoms. The number of aliphatic hydroxyl groups excluding tert-OH is 1. The molecule has 220 valence electrons. The van der Waals surface area contributed by atoms with Gasteiger partial charge in [-0.3, -0.25) is 19.5 Å². The van der Waals surface area contributed by atoms with E-state index in [-0.39, 0.29) is 46.6 Å². The SMILES string of the molecule is C=CC(=O)N1CCN(C(=NC)c2cc(Cl)c(-c3ccccc3F)nc2N(C=O)c2c(CO)cccc2C(C)C)C(C)C1. The summed E-state index contributed by atoms with van der Waals surface area (Å²) in [5.74, 6) is 0.0449. The Bertz CT molecular complexity index is 1530. The number of para-hydroxylation sites is 1. The van der Waals surface area contributed by atoms with Gasteiger partial charge in [-0.25, -0.2) is 9.37 Å². The Morgan fingerprint density at radius 1 is 1.26 bits per heavy atom. The molecule has 1 aliphatic rings. The van der Waals surface area contributed by atoms with Crippen molar-refractivity contribution in [2.75, 3.05) is 31.6 Å². The van der Waals surface area contributed by atoms with Gasteiger partial charge in [0.05, 0.1) is 28.6 Å². The lowest BCUT2D eigenvalue weighted by Crippen LogP contribution is -2.55. The van der Waals surface area contributed by atoms with Crippen molar-refractivity contribution in [3.05, 3.63) is 88.7 Å². The molecule has 0 spiro atoms. The molecule has 0 aliphatic carbocycles.